The first-order chi connectivity index (χ1) is 9.43. The van der Waals surface area contributed by atoms with Crippen LogP contribution >= 0.6 is 0 Å². The van der Waals surface area contributed by atoms with E-state index >= 15 is 0 Å². The molecule has 0 N–H and O–H groups in total. The molecule has 2 aromatic carbocycles. The van der Waals surface area contributed by atoms with Crippen molar-refractivity contribution in [2.45, 2.75) is 10.6 Å². The number of hydrogen-bond acceptors (Lipinski definition) is 1. The average Bonchev–Trinajstić information content (AvgIpc) is 2.48. The molecule has 0 saturated heterocycles. The molecule has 2 rings (SSSR count). The molecule has 0 aliphatic carbocycles. The standard InChI is InChI=1S/C13H7F5OS/c14-9-8(10(15)12(17)13(18)11(9)16)6-20(19)7-4-2-1-3-5-7/h1-5H,6H2/t20-/m0/s1. The van der Waals surface area contributed by atoms with Crippen molar-refractivity contribution >= 4 is 10.8 Å². The second-order valence-electron chi connectivity index (χ2n) is 3.85. The topological polar surface area (TPSA) is 17.1 Å². The molecule has 0 saturated carbocycles. The minimum atomic E-state index is -2.23. The molecule has 1 nitrogen and oxygen atoms in total. The number of hydrogen-bond donors (Lipinski definition) is 0. The Morgan fingerprint density at radius 2 is 1.20 bits per heavy atom. The van der Waals surface area contributed by atoms with E-state index in [1.807, 2.05) is 0 Å². The van der Waals surface area contributed by atoms with E-state index < -0.39 is 51.2 Å². The third-order valence-corrected chi connectivity index (χ3v) is 3.93. The van der Waals surface area contributed by atoms with Gasteiger partial charge in [-0.3, -0.25) is 4.21 Å². The lowest BCUT2D eigenvalue weighted by Crippen LogP contribution is -2.09. The summed E-state index contributed by atoms with van der Waals surface area (Å²) in [6, 6.07) is 7.60. The molecule has 0 unspecified atom stereocenters. The van der Waals surface area contributed by atoms with Gasteiger partial charge in [-0.25, -0.2) is 22.0 Å². The SMILES string of the molecule is O=[S@@](Cc1c(F)c(F)c(F)c(F)c1F)c1ccccc1. The fraction of sp³-hybridized carbons (Fsp3) is 0.0769. The molecule has 0 aromatic heterocycles. The highest BCUT2D eigenvalue weighted by Gasteiger charge is 2.26. The zero-order chi connectivity index (χ0) is 14.9. The molecule has 0 bridgehead atoms. The van der Waals surface area contributed by atoms with Gasteiger partial charge < -0.3 is 0 Å². The predicted octanol–water partition coefficient (Wildman–Crippen LogP) is 3.69. The van der Waals surface area contributed by atoms with E-state index in [0.29, 0.717) is 0 Å². The summed E-state index contributed by atoms with van der Waals surface area (Å²) in [6.45, 7) is 0. The van der Waals surface area contributed by atoms with Crippen LogP contribution in [0.15, 0.2) is 35.2 Å². The van der Waals surface area contributed by atoms with Crippen LogP contribution in [0.5, 0.6) is 0 Å². The van der Waals surface area contributed by atoms with Crippen LogP contribution in [0, 0.1) is 29.1 Å². The maximum atomic E-state index is 13.4. The zero-order valence-corrected chi connectivity index (χ0v) is 10.6. The third-order valence-electron chi connectivity index (χ3n) is 2.58. The van der Waals surface area contributed by atoms with Gasteiger partial charge in [-0.15, -0.1) is 0 Å². The second-order valence-corrected chi connectivity index (χ2v) is 5.30. The van der Waals surface area contributed by atoms with E-state index in [2.05, 4.69) is 0 Å². The van der Waals surface area contributed by atoms with Crippen LogP contribution in [0.1, 0.15) is 5.56 Å². The highest BCUT2D eigenvalue weighted by atomic mass is 32.2. The van der Waals surface area contributed by atoms with Gasteiger partial charge in [0.1, 0.15) is 0 Å². The minimum Gasteiger partial charge on any atom is -0.254 e. The molecular weight excluding hydrogens is 299 g/mol. The van der Waals surface area contributed by atoms with Gasteiger partial charge in [-0.1, -0.05) is 18.2 Å². The van der Waals surface area contributed by atoms with E-state index in [-0.39, 0.29) is 4.90 Å². The summed E-state index contributed by atoms with van der Waals surface area (Å²) in [6.07, 6.45) is 0. The molecule has 0 radical (unpaired) electrons. The maximum Gasteiger partial charge on any atom is 0.200 e. The van der Waals surface area contributed by atoms with E-state index in [9.17, 15) is 26.2 Å². The monoisotopic (exact) mass is 306 g/mol. The van der Waals surface area contributed by atoms with Crippen molar-refractivity contribution in [2.75, 3.05) is 0 Å². The summed E-state index contributed by atoms with van der Waals surface area (Å²) < 4.78 is 77.6. The average molecular weight is 306 g/mol. The molecule has 1 atom stereocenters. The fourth-order valence-corrected chi connectivity index (χ4v) is 2.71. The molecule has 0 aliphatic heterocycles. The van der Waals surface area contributed by atoms with E-state index in [4.69, 9.17) is 0 Å². The van der Waals surface area contributed by atoms with Gasteiger partial charge >= 0.3 is 0 Å². The number of halogens is 5. The van der Waals surface area contributed by atoms with Crippen molar-refractivity contribution in [1.29, 1.82) is 0 Å². The highest BCUT2D eigenvalue weighted by Crippen LogP contribution is 2.25. The van der Waals surface area contributed by atoms with Crippen LogP contribution in [0.2, 0.25) is 0 Å². The maximum absolute atomic E-state index is 13.4. The van der Waals surface area contributed by atoms with Crippen LogP contribution in [-0.2, 0) is 16.6 Å². The molecule has 7 heteroatoms. The minimum absolute atomic E-state index is 0.233. The first-order valence-electron chi connectivity index (χ1n) is 5.37. The molecule has 0 aliphatic rings. The Kier molecular flexibility index (Phi) is 4.17. The highest BCUT2D eigenvalue weighted by molar-refractivity contribution is 7.84. The van der Waals surface area contributed by atoms with Gasteiger partial charge in [0.15, 0.2) is 23.3 Å². The van der Waals surface area contributed by atoms with E-state index in [1.54, 1.807) is 18.2 Å². The summed E-state index contributed by atoms with van der Waals surface area (Å²) >= 11 is 0. The Morgan fingerprint density at radius 3 is 1.70 bits per heavy atom. The Labute approximate surface area is 113 Å². The molecule has 2 aromatic rings. The molecule has 0 amide bonds. The van der Waals surface area contributed by atoms with Gasteiger partial charge in [-0.2, -0.15) is 0 Å². The van der Waals surface area contributed by atoms with E-state index in [1.165, 1.54) is 12.1 Å². The van der Waals surface area contributed by atoms with Crippen LogP contribution < -0.4 is 0 Å². The molecule has 0 heterocycles. The Bertz CT molecular complexity index is 643. The first kappa shape index (κ1) is 14.6. The van der Waals surface area contributed by atoms with Crippen molar-refractivity contribution in [3.05, 3.63) is 65.0 Å². The lowest BCUT2D eigenvalue weighted by Gasteiger charge is -2.08. The molecular formula is C13H7F5OS. The molecule has 20 heavy (non-hydrogen) atoms. The van der Waals surface area contributed by atoms with Gasteiger partial charge in [-0.05, 0) is 12.1 Å². The Hall–Kier alpha value is -1.76. The summed E-state index contributed by atoms with van der Waals surface area (Å²) in [5, 5.41) is 0. The van der Waals surface area contributed by atoms with Gasteiger partial charge in [0, 0.05) is 10.5 Å². The van der Waals surface area contributed by atoms with Crippen molar-refractivity contribution < 1.29 is 26.2 Å². The summed E-state index contributed by atoms with van der Waals surface area (Å²) in [5.74, 6) is -11.0. The number of rotatable bonds is 3. The molecule has 106 valence electrons. The van der Waals surface area contributed by atoms with Crippen LogP contribution in [0.4, 0.5) is 22.0 Å². The molecule has 0 spiro atoms. The number of benzene rings is 2. The lowest BCUT2D eigenvalue weighted by atomic mass is 10.2. The summed E-state index contributed by atoms with van der Waals surface area (Å²) in [4.78, 5) is 0.233. The Morgan fingerprint density at radius 1 is 0.750 bits per heavy atom. The molecule has 0 fully saturated rings. The zero-order valence-electron chi connectivity index (χ0n) is 9.80. The Balaban J connectivity index is 2.43. The second kappa shape index (κ2) is 5.70. The van der Waals surface area contributed by atoms with Gasteiger partial charge in [0.05, 0.1) is 16.6 Å². The van der Waals surface area contributed by atoms with Crippen LogP contribution in [0.3, 0.4) is 0 Å². The van der Waals surface area contributed by atoms with Gasteiger partial charge in [0.2, 0.25) is 5.82 Å². The van der Waals surface area contributed by atoms with Crippen LogP contribution in [0.25, 0.3) is 0 Å². The summed E-state index contributed by atoms with van der Waals surface area (Å²) in [5.41, 5.74) is -1.08. The van der Waals surface area contributed by atoms with Crippen molar-refractivity contribution in [1.82, 2.24) is 0 Å². The smallest absolute Gasteiger partial charge is 0.200 e. The van der Waals surface area contributed by atoms with Crippen molar-refractivity contribution in [3.63, 3.8) is 0 Å². The fourth-order valence-electron chi connectivity index (χ4n) is 1.56. The lowest BCUT2D eigenvalue weighted by molar-refractivity contribution is 0.372. The quantitative estimate of drug-likeness (QED) is 0.480. The normalized spacial score (nSPS) is 12.4. The summed E-state index contributed by atoms with van der Waals surface area (Å²) in [7, 11) is -1.91. The first-order valence-corrected chi connectivity index (χ1v) is 6.69. The van der Waals surface area contributed by atoms with Gasteiger partial charge in [0.25, 0.3) is 0 Å². The van der Waals surface area contributed by atoms with Crippen LogP contribution in [-0.4, -0.2) is 4.21 Å². The third kappa shape index (κ3) is 2.58. The van der Waals surface area contributed by atoms with Crippen molar-refractivity contribution in [3.8, 4) is 0 Å². The van der Waals surface area contributed by atoms with E-state index in [0.717, 1.165) is 0 Å². The van der Waals surface area contributed by atoms with Crippen molar-refractivity contribution in [2.24, 2.45) is 0 Å². The largest absolute Gasteiger partial charge is 0.254 e. The predicted molar refractivity (Wildman–Crippen MR) is 62.8 cm³/mol.